The summed E-state index contributed by atoms with van der Waals surface area (Å²) < 4.78 is 97.4. The molecule has 4 amide bonds. The molecular weight excluding hydrogens is 536 g/mol. The molecule has 0 aromatic carbocycles. The predicted molar refractivity (Wildman–Crippen MR) is 123 cm³/mol. The number of carbonyl (C=O) groups is 2. The van der Waals surface area contributed by atoms with Crippen LogP contribution in [0.15, 0.2) is 0 Å². The highest BCUT2D eigenvalue weighted by atomic mass is 32.2. The third kappa shape index (κ3) is 9.18. The van der Waals surface area contributed by atoms with Crippen LogP contribution in [0.2, 0.25) is 0 Å². The highest BCUT2D eigenvalue weighted by Gasteiger charge is 2.39. The summed E-state index contributed by atoms with van der Waals surface area (Å²) in [5.74, 6) is -1.46. The Morgan fingerprint density at radius 1 is 0.647 bits per heavy atom. The van der Waals surface area contributed by atoms with Gasteiger partial charge in [0.25, 0.3) is 0 Å². The molecule has 0 aromatic heterocycles. The zero-order chi connectivity index (χ0) is 25.6. The molecule has 14 nitrogen and oxygen atoms in total. The maximum atomic E-state index is 12.0. The van der Waals surface area contributed by atoms with Crippen LogP contribution in [-0.2, 0) is 39.7 Å². The van der Waals surface area contributed by atoms with Gasteiger partial charge in [-0.05, 0) is 25.7 Å². The highest BCUT2D eigenvalue weighted by molar-refractivity contribution is 7.96. The second-order valence-electron chi connectivity index (χ2n) is 8.27. The minimum Gasteiger partial charge on any atom is -0.337 e. The number of sulfonamides is 2. The molecule has 0 saturated carbocycles. The number of unbranched alkanes of at least 4 members (excludes halogenated alkanes) is 3. The number of sulfone groups is 2. The van der Waals surface area contributed by atoms with Crippen LogP contribution < -0.4 is 20.1 Å². The molecule has 4 N–H and O–H groups in total. The van der Waals surface area contributed by atoms with Gasteiger partial charge >= 0.3 is 12.1 Å². The molecule has 0 unspecified atom stereocenters. The standard InChI is InChI=1S/C16H30N4O10S4/c21-15(19-33(27,28)13-5-9-31(23,24)11-13)17-7-3-1-2-4-8-18-16(22)20-34(29,30)14-6-10-32(25,26)12-14/h13-14H,1-12H2,(H2,17,19,21)(H2,18,20,22)/t13-,14-/m0/s1. The van der Waals surface area contributed by atoms with Gasteiger partial charge in [-0.15, -0.1) is 0 Å². The Morgan fingerprint density at radius 3 is 1.29 bits per heavy atom. The van der Waals surface area contributed by atoms with E-state index in [0.29, 0.717) is 25.7 Å². The first-order valence-electron chi connectivity index (χ1n) is 10.6. The van der Waals surface area contributed by atoms with Crippen LogP contribution in [0, 0.1) is 0 Å². The van der Waals surface area contributed by atoms with Gasteiger partial charge < -0.3 is 10.6 Å². The van der Waals surface area contributed by atoms with Crippen LogP contribution in [0.5, 0.6) is 0 Å². The molecule has 18 heteroatoms. The quantitative estimate of drug-likeness (QED) is 0.205. The van der Waals surface area contributed by atoms with E-state index in [0.717, 1.165) is 0 Å². The number of rotatable bonds is 11. The lowest BCUT2D eigenvalue weighted by molar-refractivity contribution is 0.244. The molecule has 0 bridgehead atoms. The smallest absolute Gasteiger partial charge is 0.328 e. The lowest BCUT2D eigenvalue weighted by atomic mass is 10.2. The Labute approximate surface area is 199 Å². The van der Waals surface area contributed by atoms with Gasteiger partial charge in [0.2, 0.25) is 20.0 Å². The number of urea groups is 2. The van der Waals surface area contributed by atoms with E-state index in [4.69, 9.17) is 0 Å². The lowest BCUT2D eigenvalue weighted by Gasteiger charge is -2.12. The van der Waals surface area contributed by atoms with Crippen LogP contribution in [0.1, 0.15) is 38.5 Å². The van der Waals surface area contributed by atoms with Crippen LogP contribution in [-0.4, -0.2) is 92.3 Å². The van der Waals surface area contributed by atoms with Crippen molar-refractivity contribution in [3.63, 3.8) is 0 Å². The second kappa shape index (κ2) is 11.4. The van der Waals surface area contributed by atoms with Crippen molar-refractivity contribution in [3.05, 3.63) is 0 Å². The molecule has 2 aliphatic rings. The molecule has 2 rings (SSSR count). The molecule has 2 saturated heterocycles. The van der Waals surface area contributed by atoms with Gasteiger partial charge in [-0.1, -0.05) is 12.8 Å². The molecule has 0 radical (unpaired) electrons. The zero-order valence-electron chi connectivity index (χ0n) is 18.4. The number of hydrogen-bond donors (Lipinski definition) is 4. The molecule has 2 fully saturated rings. The summed E-state index contributed by atoms with van der Waals surface area (Å²) >= 11 is 0. The fourth-order valence-corrected chi connectivity index (χ4v) is 11.4. The maximum Gasteiger partial charge on any atom is 0.328 e. The summed E-state index contributed by atoms with van der Waals surface area (Å²) in [6, 6.07) is -1.86. The largest absolute Gasteiger partial charge is 0.337 e. The summed E-state index contributed by atoms with van der Waals surface area (Å²) in [4.78, 5) is 23.5. The van der Waals surface area contributed by atoms with E-state index in [1.54, 1.807) is 0 Å². The molecular formula is C16H30N4O10S4. The van der Waals surface area contributed by atoms with Crippen LogP contribution in [0.3, 0.4) is 0 Å². The normalized spacial score (nSPS) is 23.8. The predicted octanol–water partition coefficient (Wildman–Crippen LogP) is -1.82. The monoisotopic (exact) mass is 566 g/mol. The molecule has 2 atom stereocenters. The Bertz CT molecular complexity index is 1090. The third-order valence-corrected chi connectivity index (χ3v) is 12.9. The van der Waals surface area contributed by atoms with E-state index < -0.39 is 73.8 Å². The summed E-state index contributed by atoms with van der Waals surface area (Å²) in [5.41, 5.74) is 0. The average molecular weight is 567 g/mol. The molecule has 2 aliphatic heterocycles. The Balaban J connectivity index is 1.54. The minimum atomic E-state index is -4.08. The van der Waals surface area contributed by atoms with E-state index in [9.17, 15) is 43.3 Å². The topological polar surface area (TPSA) is 219 Å². The number of hydrogen-bond acceptors (Lipinski definition) is 10. The molecule has 0 spiro atoms. The Kier molecular flexibility index (Phi) is 9.57. The Hall–Kier alpha value is -1.66. The first-order chi connectivity index (χ1) is 15.6. The van der Waals surface area contributed by atoms with Crippen molar-refractivity contribution in [2.45, 2.75) is 49.0 Å². The fourth-order valence-electron chi connectivity index (χ4n) is 3.52. The van der Waals surface area contributed by atoms with Gasteiger partial charge in [-0.2, -0.15) is 0 Å². The van der Waals surface area contributed by atoms with Crippen molar-refractivity contribution >= 4 is 51.8 Å². The summed E-state index contributed by atoms with van der Waals surface area (Å²) in [5, 5.41) is 2.48. The van der Waals surface area contributed by atoms with E-state index in [2.05, 4.69) is 10.6 Å². The van der Waals surface area contributed by atoms with Crippen molar-refractivity contribution in [2.24, 2.45) is 0 Å². The van der Waals surface area contributed by atoms with Crippen molar-refractivity contribution in [1.29, 1.82) is 0 Å². The Morgan fingerprint density at radius 2 is 1.00 bits per heavy atom. The van der Waals surface area contributed by atoms with Crippen LogP contribution >= 0.6 is 0 Å². The molecule has 34 heavy (non-hydrogen) atoms. The first-order valence-corrected chi connectivity index (χ1v) is 17.4. The van der Waals surface area contributed by atoms with Gasteiger partial charge in [-0.3, -0.25) is 0 Å². The van der Waals surface area contributed by atoms with Gasteiger partial charge in [0.15, 0.2) is 19.7 Å². The number of amides is 4. The van der Waals surface area contributed by atoms with Crippen molar-refractivity contribution < 1.29 is 43.3 Å². The van der Waals surface area contributed by atoms with Crippen LogP contribution in [0.25, 0.3) is 0 Å². The van der Waals surface area contributed by atoms with E-state index in [1.165, 1.54) is 0 Å². The highest BCUT2D eigenvalue weighted by Crippen LogP contribution is 2.18. The van der Waals surface area contributed by atoms with Gasteiger partial charge in [0, 0.05) is 13.1 Å². The summed E-state index contributed by atoms with van der Waals surface area (Å²) in [7, 11) is -15.0. The van der Waals surface area contributed by atoms with Gasteiger partial charge in [-0.25, -0.2) is 52.7 Å². The minimum absolute atomic E-state index is 0.0502. The molecule has 198 valence electrons. The molecule has 0 aromatic rings. The molecule has 2 heterocycles. The second-order valence-corrected chi connectivity index (χ2v) is 16.6. The average Bonchev–Trinajstić information content (AvgIpc) is 3.25. The fraction of sp³-hybridized carbons (Fsp3) is 0.875. The van der Waals surface area contributed by atoms with Crippen molar-refractivity contribution in [1.82, 2.24) is 20.1 Å². The number of nitrogens with one attached hydrogen (secondary N) is 4. The maximum absolute atomic E-state index is 12.0. The number of carbonyl (C=O) groups excluding carboxylic acids is 2. The lowest BCUT2D eigenvalue weighted by Crippen LogP contribution is -2.44. The van der Waals surface area contributed by atoms with E-state index in [-0.39, 0.29) is 37.4 Å². The van der Waals surface area contributed by atoms with Gasteiger partial charge in [0.1, 0.15) is 0 Å². The van der Waals surface area contributed by atoms with Crippen LogP contribution in [0.4, 0.5) is 9.59 Å². The summed E-state index contributed by atoms with van der Waals surface area (Å²) in [6.45, 7) is 0.363. The van der Waals surface area contributed by atoms with E-state index >= 15 is 0 Å². The SMILES string of the molecule is O=C(NCCCCCCNC(=O)NS(=O)(=O)[C@H]1CCS(=O)(=O)C1)NS(=O)(=O)[C@H]1CCS(=O)(=O)C1. The van der Waals surface area contributed by atoms with E-state index in [1.807, 2.05) is 9.44 Å². The van der Waals surface area contributed by atoms with Crippen molar-refractivity contribution in [3.8, 4) is 0 Å². The zero-order valence-corrected chi connectivity index (χ0v) is 21.6. The third-order valence-electron chi connectivity index (χ3n) is 5.40. The molecule has 0 aliphatic carbocycles. The van der Waals surface area contributed by atoms with Crippen molar-refractivity contribution in [2.75, 3.05) is 36.1 Å². The first kappa shape index (κ1) is 28.6. The van der Waals surface area contributed by atoms with Gasteiger partial charge in [0.05, 0.1) is 33.5 Å². The summed E-state index contributed by atoms with van der Waals surface area (Å²) in [6.07, 6.45) is 2.20.